The van der Waals surface area contributed by atoms with Crippen molar-refractivity contribution in [2.75, 3.05) is 0 Å². The number of halogens is 4. The van der Waals surface area contributed by atoms with Gasteiger partial charge in [-0.25, -0.2) is 4.79 Å². The third-order valence-corrected chi connectivity index (χ3v) is 4.71. The Hall–Kier alpha value is -2.02. The van der Waals surface area contributed by atoms with Crippen LogP contribution in [0.2, 0.25) is 5.02 Å². The van der Waals surface area contributed by atoms with Crippen molar-refractivity contribution in [3.05, 3.63) is 40.0 Å². The van der Waals surface area contributed by atoms with E-state index in [0.717, 1.165) is 0 Å². The van der Waals surface area contributed by atoms with Crippen LogP contribution in [-0.4, -0.2) is 27.0 Å². The fraction of sp³-hybridized carbons (Fsp3) is 0.444. The molecule has 2 aromatic rings. The zero-order valence-electron chi connectivity index (χ0n) is 14.9. The van der Waals surface area contributed by atoms with E-state index in [1.807, 2.05) is 0 Å². The van der Waals surface area contributed by atoms with Crippen LogP contribution >= 0.6 is 11.6 Å². The van der Waals surface area contributed by atoms with E-state index in [4.69, 9.17) is 11.6 Å². The molecule has 0 atom stereocenters. The fourth-order valence-corrected chi connectivity index (χ4v) is 3.09. The smallest absolute Gasteiger partial charge is 0.394 e. The molecule has 1 N–H and O–H groups in total. The molecule has 8 heteroatoms. The minimum Gasteiger partial charge on any atom is -0.476 e. The first-order valence-corrected chi connectivity index (χ1v) is 8.43. The maximum atomic E-state index is 13.1. The lowest BCUT2D eigenvalue weighted by molar-refractivity contribution is -0.211. The Labute approximate surface area is 154 Å². The van der Waals surface area contributed by atoms with E-state index < -0.39 is 17.6 Å². The molecule has 0 bridgehead atoms. The Kier molecular flexibility index (Phi) is 5.42. The molecule has 4 nitrogen and oxygen atoms in total. The van der Waals surface area contributed by atoms with Gasteiger partial charge in [0.25, 0.3) is 0 Å². The average molecular weight is 389 g/mol. The number of benzene rings is 1. The van der Waals surface area contributed by atoms with Crippen LogP contribution in [0.3, 0.4) is 0 Å². The van der Waals surface area contributed by atoms with Crippen LogP contribution in [0, 0.1) is 12.3 Å². The van der Waals surface area contributed by atoms with E-state index >= 15 is 0 Å². The molecule has 2 rings (SSSR count). The van der Waals surface area contributed by atoms with Gasteiger partial charge in [0.2, 0.25) is 0 Å². The van der Waals surface area contributed by atoms with Crippen LogP contribution in [0.4, 0.5) is 13.2 Å². The summed E-state index contributed by atoms with van der Waals surface area (Å²) in [6.07, 6.45) is -4.46. The van der Waals surface area contributed by atoms with Gasteiger partial charge < -0.3 is 5.11 Å². The summed E-state index contributed by atoms with van der Waals surface area (Å²) >= 11 is 6.20. The Morgan fingerprint density at radius 2 is 1.92 bits per heavy atom. The van der Waals surface area contributed by atoms with Crippen molar-refractivity contribution in [1.29, 1.82) is 0 Å². The quantitative estimate of drug-likeness (QED) is 0.750. The number of aryl methyl sites for hydroxylation is 2. The van der Waals surface area contributed by atoms with E-state index in [0.29, 0.717) is 28.9 Å². The van der Waals surface area contributed by atoms with Gasteiger partial charge in [-0.05, 0) is 31.4 Å². The summed E-state index contributed by atoms with van der Waals surface area (Å²) in [5.74, 6) is -1.23. The number of carboxylic acids is 1. The molecule has 0 saturated carbocycles. The van der Waals surface area contributed by atoms with E-state index in [-0.39, 0.29) is 17.1 Å². The van der Waals surface area contributed by atoms with Gasteiger partial charge >= 0.3 is 12.1 Å². The number of hydrogen-bond donors (Lipinski definition) is 1. The first-order valence-electron chi connectivity index (χ1n) is 8.05. The summed E-state index contributed by atoms with van der Waals surface area (Å²) in [6.45, 7) is 6.29. The second-order valence-corrected chi connectivity index (χ2v) is 7.22. The molecular formula is C18H20ClF3N2O2. The van der Waals surface area contributed by atoms with E-state index in [2.05, 4.69) is 5.10 Å². The zero-order valence-corrected chi connectivity index (χ0v) is 15.7. The molecule has 1 aromatic heterocycles. The summed E-state index contributed by atoms with van der Waals surface area (Å²) < 4.78 is 40.8. The largest absolute Gasteiger partial charge is 0.476 e. The van der Waals surface area contributed by atoms with Gasteiger partial charge in [0.05, 0.1) is 11.1 Å². The Morgan fingerprint density at radius 1 is 1.31 bits per heavy atom. The normalized spacial score (nSPS) is 12.5. The zero-order chi connectivity index (χ0) is 19.9. The first-order chi connectivity index (χ1) is 11.9. The van der Waals surface area contributed by atoms with Gasteiger partial charge in [-0.2, -0.15) is 18.3 Å². The number of aromatic carboxylic acids is 1. The lowest BCUT2D eigenvalue weighted by Gasteiger charge is -2.28. The number of rotatable bonds is 5. The molecule has 1 heterocycles. The predicted octanol–water partition coefficient (Wildman–Crippen LogP) is 5.36. The Bertz CT molecular complexity index is 842. The highest BCUT2D eigenvalue weighted by Crippen LogP contribution is 2.41. The molecule has 0 aliphatic rings. The van der Waals surface area contributed by atoms with Crippen LogP contribution in [0.15, 0.2) is 18.2 Å². The topological polar surface area (TPSA) is 55.1 Å². The second kappa shape index (κ2) is 6.95. The van der Waals surface area contributed by atoms with Gasteiger partial charge in [0, 0.05) is 12.1 Å². The Morgan fingerprint density at radius 3 is 2.38 bits per heavy atom. The van der Waals surface area contributed by atoms with E-state index in [9.17, 15) is 23.1 Å². The number of hydrogen-bond acceptors (Lipinski definition) is 2. The van der Waals surface area contributed by atoms with Crippen LogP contribution in [-0.2, 0) is 13.0 Å². The highest BCUT2D eigenvalue weighted by Gasteiger charge is 2.47. The van der Waals surface area contributed by atoms with Crippen LogP contribution in [0.1, 0.15) is 42.4 Å². The van der Waals surface area contributed by atoms with Crippen molar-refractivity contribution in [2.24, 2.45) is 5.41 Å². The fourth-order valence-electron chi connectivity index (χ4n) is 2.77. The molecule has 0 fully saturated rings. The van der Waals surface area contributed by atoms with Crippen LogP contribution in [0.25, 0.3) is 11.3 Å². The number of aromatic nitrogens is 2. The van der Waals surface area contributed by atoms with Crippen molar-refractivity contribution in [3.8, 4) is 11.3 Å². The van der Waals surface area contributed by atoms with Gasteiger partial charge in [0.15, 0.2) is 5.69 Å². The second-order valence-electron chi connectivity index (χ2n) is 6.84. The number of nitrogens with zero attached hydrogens (tertiary/aromatic N) is 2. The summed E-state index contributed by atoms with van der Waals surface area (Å²) in [6, 6.07) is 4.95. The van der Waals surface area contributed by atoms with Crippen LogP contribution in [0.5, 0.6) is 0 Å². The standard InChI is InChI=1S/C18H20ClF3N2O2/c1-5-24-15(13(19)14(23-24)16(25)26)12-7-6-11(8-10(12)2)9-17(3,4)18(20,21)22/h6-8H,5,9H2,1-4H3,(H,25,26). The van der Waals surface area contributed by atoms with Crippen molar-refractivity contribution >= 4 is 17.6 Å². The minimum absolute atomic E-state index is 0.0193. The summed E-state index contributed by atoms with van der Waals surface area (Å²) in [4.78, 5) is 11.3. The molecule has 142 valence electrons. The van der Waals surface area contributed by atoms with Gasteiger partial charge in [-0.3, -0.25) is 4.68 Å². The Balaban J connectivity index is 2.48. The molecule has 26 heavy (non-hydrogen) atoms. The third-order valence-electron chi connectivity index (χ3n) is 4.36. The van der Waals surface area contributed by atoms with Gasteiger partial charge in [-0.1, -0.05) is 43.6 Å². The molecule has 0 radical (unpaired) electrons. The molecule has 0 saturated heterocycles. The molecule has 0 aliphatic heterocycles. The van der Waals surface area contributed by atoms with Gasteiger partial charge in [-0.15, -0.1) is 0 Å². The van der Waals surface area contributed by atoms with E-state index in [1.165, 1.54) is 18.5 Å². The number of carbonyl (C=O) groups is 1. The third kappa shape index (κ3) is 3.72. The van der Waals surface area contributed by atoms with Crippen molar-refractivity contribution in [2.45, 2.75) is 46.8 Å². The van der Waals surface area contributed by atoms with Crippen molar-refractivity contribution in [3.63, 3.8) is 0 Å². The minimum atomic E-state index is -4.31. The lowest BCUT2D eigenvalue weighted by atomic mass is 9.84. The highest BCUT2D eigenvalue weighted by molar-refractivity contribution is 6.35. The monoisotopic (exact) mass is 388 g/mol. The van der Waals surface area contributed by atoms with Crippen LogP contribution < -0.4 is 0 Å². The molecular weight excluding hydrogens is 369 g/mol. The SMILES string of the molecule is CCn1nc(C(=O)O)c(Cl)c1-c1ccc(CC(C)(C)C(F)(F)F)cc1C. The highest BCUT2D eigenvalue weighted by atomic mass is 35.5. The predicted molar refractivity (Wildman–Crippen MR) is 93.6 cm³/mol. The summed E-state index contributed by atoms with van der Waals surface area (Å²) in [5.41, 5.74) is 0.251. The molecule has 0 unspecified atom stereocenters. The van der Waals surface area contributed by atoms with E-state index in [1.54, 1.807) is 32.0 Å². The molecule has 0 amide bonds. The summed E-state index contributed by atoms with van der Waals surface area (Å²) in [5, 5.41) is 13.2. The first kappa shape index (κ1) is 20.3. The van der Waals surface area contributed by atoms with Gasteiger partial charge in [0.1, 0.15) is 5.02 Å². The molecule has 1 aromatic carbocycles. The molecule has 0 aliphatic carbocycles. The number of alkyl halides is 3. The lowest BCUT2D eigenvalue weighted by Crippen LogP contribution is -2.34. The maximum absolute atomic E-state index is 13.1. The average Bonchev–Trinajstić information content (AvgIpc) is 2.83. The molecule has 0 spiro atoms. The van der Waals surface area contributed by atoms with Crippen molar-refractivity contribution < 1.29 is 23.1 Å². The summed E-state index contributed by atoms with van der Waals surface area (Å²) in [7, 11) is 0. The number of carboxylic acid groups (broad SMARTS) is 1. The maximum Gasteiger partial charge on any atom is 0.394 e. The van der Waals surface area contributed by atoms with Crippen molar-refractivity contribution in [1.82, 2.24) is 9.78 Å².